The summed E-state index contributed by atoms with van der Waals surface area (Å²) in [6, 6.07) is 3.49. The van der Waals surface area contributed by atoms with Crippen molar-refractivity contribution < 1.29 is 9.53 Å². The van der Waals surface area contributed by atoms with Crippen molar-refractivity contribution in [2.45, 2.75) is 51.2 Å². The first-order valence-corrected chi connectivity index (χ1v) is 9.37. The third-order valence-electron chi connectivity index (χ3n) is 4.71. The van der Waals surface area contributed by atoms with Crippen LogP contribution in [0.2, 0.25) is 5.15 Å². The highest BCUT2D eigenvalue weighted by Crippen LogP contribution is 2.28. The van der Waals surface area contributed by atoms with E-state index in [1.54, 1.807) is 12.1 Å². The topological polar surface area (TPSA) is 69.0 Å². The summed E-state index contributed by atoms with van der Waals surface area (Å²) in [5.41, 5.74) is 2.22. The van der Waals surface area contributed by atoms with Crippen LogP contribution >= 0.6 is 11.6 Å². The summed E-state index contributed by atoms with van der Waals surface area (Å²) < 4.78 is 7.77. The number of allylic oxidation sites excluding steroid dienone is 4. The average molecular weight is 373 g/mol. The van der Waals surface area contributed by atoms with E-state index in [1.165, 1.54) is 12.8 Å². The lowest BCUT2D eigenvalue weighted by Gasteiger charge is -2.18. The van der Waals surface area contributed by atoms with E-state index < -0.39 is 0 Å². The minimum absolute atomic E-state index is 0.119. The van der Waals surface area contributed by atoms with Gasteiger partial charge in [0.05, 0.1) is 24.3 Å². The molecule has 2 aliphatic carbocycles. The summed E-state index contributed by atoms with van der Waals surface area (Å²) in [6.07, 6.45) is 10.9. The minimum atomic E-state index is -0.123. The lowest BCUT2D eigenvalue weighted by molar-refractivity contribution is -0.119. The van der Waals surface area contributed by atoms with Crippen molar-refractivity contribution in [3.8, 4) is 0 Å². The molecule has 0 saturated heterocycles. The number of fused-ring (bicyclic) bond motifs is 1. The van der Waals surface area contributed by atoms with E-state index in [4.69, 9.17) is 16.3 Å². The summed E-state index contributed by atoms with van der Waals surface area (Å²) in [6.45, 7) is 1.94. The monoisotopic (exact) mass is 372 g/mol. The molecule has 2 aromatic rings. The van der Waals surface area contributed by atoms with Gasteiger partial charge in [-0.25, -0.2) is 9.97 Å². The second kappa shape index (κ2) is 7.21. The lowest BCUT2D eigenvalue weighted by atomic mass is 10.2. The highest BCUT2D eigenvalue weighted by Gasteiger charge is 2.22. The maximum Gasteiger partial charge on any atom is 0.229 e. The number of rotatable bonds is 6. The molecule has 2 aromatic heterocycles. The first-order chi connectivity index (χ1) is 12.6. The molecule has 1 N–H and O–H groups in total. The van der Waals surface area contributed by atoms with Gasteiger partial charge in [0, 0.05) is 0 Å². The van der Waals surface area contributed by atoms with Crippen molar-refractivity contribution in [2.24, 2.45) is 0 Å². The minimum Gasteiger partial charge on any atom is -0.375 e. The quantitative estimate of drug-likeness (QED) is 0.772. The lowest BCUT2D eigenvalue weighted by Crippen LogP contribution is -2.24. The third-order valence-corrected chi connectivity index (χ3v) is 4.92. The Balaban J connectivity index is 1.50. The molecule has 0 aromatic carbocycles. The van der Waals surface area contributed by atoms with Crippen LogP contribution in [-0.2, 0) is 9.53 Å². The standard InChI is InChI=1S/C19H21ClN4O2/c1-12(26-14-7-2-3-8-14)11-17(25)23-19-21-15-9-10-16(20)22-18(15)24(19)13-5-4-6-13/h4-6,9-10,12,14H,2-3,7-8,11H2,1H3,(H,21,23,25). The Morgan fingerprint density at radius 3 is 2.85 bits per heavy atom. The van der Waals surface area contributed by atoms with E-state index >= 15 is 0 Å². The Morgan fingerprint density at radius 2 is 2.15 bits per heavy atom. The Morgan fingerprint density at radius 1 is 1.38 bits per heavy atom. The van der Waals surface area contributed by atoms with Crippen LogP contribution in [0.3, 0.4) is 0 Å². The predicted molar refractivity (Wildman–Crippen MR) is 102 cm³/mol. The summed E-state index contributed by atoms with van der Waals surface area (Å²) >= 11 is 6.03. The van der Waals surface area contributed by atoms with Gasteiger partial charge in [0.25, 0.3) is 0 Å². The normalized spacial score (nSPS) is 18.0. The highest BCUT2D eigenvalue weighted by molar-refractivity contribution is 6.29. The summed E-state index contributed by atoms with van der Waals surface area (Å²) in [7, 11) is 0. The van der Waals surface area contributed by atoms with E-state index in [2.05, 4.69) is 15.3 Å². The number of carbonyl (C=O) groups is 1. The molecular weight excluding hydrogens is 352 g/mol. The molecule has 136 valence electrons. The molecular formula is C19H21ClN4O2. The van der Waals surface area contributed by atoms with Crippen LogP contribution in [0.1, 0.15) is 39.0 Å². The number of carbonyl (C=O) groups excluding carboxylic acids is 1. The fourth-order valence-electron chi connectivity index (χ4n) is 3.43. The van der Waals surface area contributed by atoms with Gasteiger partial charge in [-0.05, 0) is 44.1 Å². The van der Waals surface area contributed by atoms with Gasteiger partial charge in [-0.3, -0.25) is 14.7 Å². The van der Waals surface area contributed by atoms with Gasteiger partial charge >= 0.3 is 0 Å². The molecule has 0 aliphatic heterocycles. The van der Waals surface area contributed by atoms with Gasteiger partial charge in [-0.2, -0.15) is 0 Å². The number of hydrogen-bond donors (Lipinski definition) is 1. The molecule has 1 amide bonds. The maximum atomic E-state index is 12.5. The van der Waals surface area contributed by atoms with E-state index in [0.29, 0.717) is 34.8 Å². The van der Waals surface area contributed by atoms with Crippen LogP contribution in [0.4, 0.5) is 5.95 Å². The van der Waals surface area contributed by atoms with Crippen molar-refractivity contribution in [2.75, 3.05) is 5.32 Å². The van der Waals surface area contributed by atoms with Gasteiger partial charge in [0.1, 0.15) is 10.7 Å². The number of anilines is 1. The second-order valence-corrected chi connectivity index (χ2v) is 7.19. The van der Waals surface area contributed by atoms with Gasteiger partial charge in [0.15, 0.2) is 5.65 Å². The smallest absolute Gasteiger partial charge is 0.229 e. The van der Waals surface area contributed by atoms with Crippen LogP contribution < -0.4 is 5.32 Å². The summed E-state index contributed by atoms with van der Waals surface area (Å²) in [5, 5.41) is 3.29. The van der Waals surface area contributed by atoms with Gasteiger partial charge in [-0.15, -0.1) is 0 Å². The third kappa shape index (κ3) is 3.52. The van der Waals surface area contributed by atoms with Crippen molar-refractivity contribution in [1.82, 2.24) is 14.5 Å². The number of halogens is 1. The molecule has 26 heavy (non-hydrogen) atoms. The molecule has 2 aliphatic rings. The summed E-state index contributed by atoms with van der Waals surface area (Å²) in [5.74, 6) is 0.325. The number of ether oxygens (including phenoxy) is 1. The molecule has 4 rings (SSSR count). The largest absolute Gasteiger partial charge is 0.375 e. The molecule has 7 heteroatoms. The second-order valence-electron chi connectivity index (χ2n) is 6.80. The van der Waals surface area contributed by atoms with Crippen LogP contribution in [-0.4, -0.2) is 32.7 Å². The van der Waals surface area contributed by atoms with Crippen LogP contribution in [0.5, 0.6) is 0 Å². The van der Waals surface area contributed by atoms with Gasteiger partial charge < -0.3 is 4.74 Å². The Kier molecular flexibility index (Phi) is 4.78. The fourth-order valence-corrected chi connectivity index (χ4v) is 3.57. The molecule has 1 fully saturated rings. The molecule has 1 saturated carbocycles. The van der Waals surface area contributed by atoms with Crippen molar-refractivity contribution in [3.05, 3.63) is 35.5 Å². The Hall–Kier alpha value is -2.18. The first kappa shape index (κ1) is 17.2. The molecule has 0 radical (unpaired) electrons. The molecule has 6 nitrogen and oxygen atoms in total. The average Bonchev–Trinajstić information content (AvgIpc) is 3.15. The Labute approximate surface area is 156 Å². The van der Waals surface area contributed by atoms with E-state index in [-0.39, 0.29) is 12.0 Å². The predicted octanol–water partition coefficient (Wildman–Crippen LogP) is 4.17. The molecule has 1 atom stereocenters. The molecule has 0 spiro atoms. The van der Waals surface area contributed by atoms with Crippen molar-refractivity contribution >= 4 is 40.3 Å². The van der Waals surface area contributed by atoms with Crippen LogP contribution in [0.25, 0.3) is 16.9 Å². The SMILES string of the molecule is CC(CC(=O)Nc1nc2ccc(Cl)nc2n1C1=CC=C1)OC1CCCC1. The zero-order valence-electron chi connectivity index (χ0n) is 14.6. The van der Waals surface area contributed by atoms with E-state index in [1.807, 2.05) is 29.7 Å². The van der Waals surface area contributed by atoms with Crippen LogP contribution in [0.15, 0.2) is 30.4 Å². The fraction of sp³-hybridized carbons (Fsp3) is 0.421. The van der Waals surface area contributed by atoms with Crippen molar-refractivity contribution in [3.63, 3.8) is 0 Å². The van der Waals surface area contributed by atoms with Crippen molar-refractivity contribution in [1.29, 1.82) is 0 Å². The maximum absolute atomic E-state index is 12.5. The zero-order valence-corrected chi connectivity index (χ0v) is 15.4. The first-order valence-electron chi connectivity index (χ1n) is 8.99. The zero-order chi connectivity index (χ0) is 18.1. The molecule has 1 unspecified atom stereocenters. The number of nitrogens with zero attached hydrogens (tertiary/aromatic N) is 3. The van der Waals surface area contributed by atoms with Crippen LogP contribution in [0, 0.1) is 0 Å². The number of pyridine rings is 1. The van der Waals surface area contributed by atoms with Gasteiger partial charge in [-0.1, -0.05) is 30.5 Å². The number of amides is 1. The number of aromatic nitrogens is 3. The summed E-state index contributed by atoms with van der Waals surface area (Å²) in [4.78, 5) is 21.3. The van der Waals surface area contributed by atoms with E-state index in [9.17, 15) is 4.79 Å². The number of nitrogens with one attached hydrogen (secondary N) is 1. The molecule has 0 bridgehead atoms. The number of imidazole rings is 1. The van der Waals surface area contributed by atoms with Gasteiger partial charge in [0.2, 0.25) is 11.9 Å². The number of hydrogen-bond acceptors (Lipinski definition) is 4. The Bertz CT molecular complexity index is 896. The van der Waals surface area contributed by atoms with E-state index in [0.717, 1.165) is 18.5 Å². The highest BCUT2D eigenvalue weighted by atomic mass is 35.5. The molecule has 2 heterocycles.